The Morgan fingerprint density at radius 3 is 2.72 bits per heavy atom. The maximum Gasteiger partial charge on any atom is 0.0708 e. The van der Waals surface area contributed by atoms with Crippen molar-refractivity contribution in [2.45, 2.75) is 20.4 Å². The number of aromatic nitrogens is 3. The van der Waals surface area contributed by atoms with Crippen LogP contribution in [0.2, 0.25) is 0 Å². The van der Waals surface area contributed by atoms with E-state index in [0.29, 0.717) is 0 Å². The van der Waals surface area contributed by atoms with Crippen LogP contribution in [0.4, 0.5) is 0 Å². The lowest BCUT2D eigenvalue weighted by atomic mass is 10.1. The average Bonchev–Trinajstić information content (AvgIpc) is 2.75. The number of nitrogens with zero attached hydrogens (tertiary/aromatic N) is 3. The van der Waals surface area contributed by atoms with Gasteiger partial charge in [-0.3, -0.25) is 9.67 Å². The number of hydrogen-bond acceptors (Lipinski definition) is 2. The molecule has 0 atom stereocenters. The number of rotatable bonds is 2. The third-order valence-corrected chi connectivity index (χ3v) is 3.18. The van der Waals surface area contributed by atoms with Crippen LogP contribution in [0.15, 0.2) is 42.6 Å². The molecular weight excluding hydrogens is 222 g/mol. The molecular formula is C15H15N3. The fourth-order valence-corrected chi connectivity index (χ4v) is 2.25. The predicted molar refractivity (Wildman–Crippen MR) is 72.5 cm³/mol. The van der Waals surface area contributed by atoms with Crippen molar-refractivity contribution in [3.8, 4) is 0 Å². The summed E-state index contributed by atoms with van der Waals surface area (Å²) in [6.07, 6.45) is 1.84. The Bertz CT molecular complexity index is 698. The summed E-state index contributed by atoms with van der Waals surface area (Å²) in [6.45, 7) is 4.90. The van der Waals surface area contributed by atoms with Crippen LogP contribution < -0.4 is 0 Å². The van der Waals surface area contributed by atoms with Crippen LogP contribution in [0.1, 0.15) is 17.0 Å². The summed E-state index contributed by atoms with van der Waals surface area (Å²) in [4.78, 5) is 4.56. The lowest BCUT2D eigenvalue weighted by Gasteiger charge is -2.09. The Labute approximate surface area is 106 Å². The Kier molecular flexibility index (Phi) is 2.59. The van der Waals surface area contributed by atoms with Crippen LogP contribution in [-0.2, 0) is 6.54 Å². The van der Waals surface area contributed by atoms with Crippen LogP contribution in [-0.4, -0.2) is 14.8 Å². The monoisotopic (exact) mass is 237 g/mol. The van der Waals surface area contributed by atoms with E-state index in [0.717, 1.165) is 17.8 Å². The summed E-state index contributed by atoms with van der Waals surface area (Å²) in [6, 6.07) is 12.4. The van der Waals surface area contributed by atoms with Gasteiger partial charge >= 0.3 is 0 Å². The van der Waals surface area contributed by atoms with Gasteiger partial charge in [-0.25, -0.2) is 0 Å². The van der Waals surface area contributed by atoms with Crippen molar-refractivity contribution in [1.82, 2.24) is 14.8 Å². The smallest absolute Gasteiger partial charge is 0.0708 e. The highest BCUT2D eigenvalue weighted by atomic mass is 15.3. The van der Waals surface area contributed by atoms with Crippen LogP contribution in [0.3, 0.4) is 0 Å². The molecule has 90 valence electrons. The van der Waals surface area contributed by atoms with E-state index in [4.69, 9.17) is 0 Å². The zero-order valence-electron chi connectivity index (χ0n) is 10.6. The highest BCUT2D eigenvalue weighted by molar-refractivity contribution is 5.82. The van der Waals surface area contributed by atoms with Crippen molar-refractivity contribution in [3.63, 3.8) is 0 Å². The molecule has 2 heterocycles. The van der Waals surface area contributed by atoms with Gasteiger partial charge in [0.15, 0.2) is 0 Å². The first-order valence-corrected chi connectivity index (χ1v) is 6.08. The Hall–Kier alpha value is -2.16. The maximum absolute atomic E-state index is 4.56. The summed E-state index contributed by atoms with van der Waals surface area (Å²) < 4.78 is 2.02. The minimum atomic E-state index is 0.794. The van der Waals surface area contributed by atoms with E-state index in [2.05, 4.69) is 41.3 Å². The Morgan fingerprint density at radius 1 is 1.11 bits per heavy atom. The van der Waals surface area contributed by atoms with Crippen LogP contribution in [0, 0.1) is 13.8 Å². The number of benzene rings is 1. The number of aryl methyl sites for hydroxylation is 2. The second-order valence-corrected chi connectivity index (χ2v) is 4.57. The molecule has 0 unspecified atom stereocenters. The molecule has 3 aromatic rings. The molecule has 0 saturated carbocycles. The minimum absolute atomic E-state index is 0.794. The molecule has 3 nitrogen and oxygen atoms in total. The molecule has 0 spiro atoms. The summed E-state index contributed by atoms with van der Waals surface area (Å²) in [7, 11) is 0. The number of hydrogen-bond donors (Lipinski definition) is 0. The van der Waals surface area contributed by atoms with Crippen LogP contribution >= 0.6 is 0 Å². The molecule has 0 aliphatic heterocycles. The van der Waals surface area contributed by atoms with Crippen LogP contribution in [0.25, 0.3) is 10.9 Å². The van der Waals surface area contributed by atoms with Gasteiger partial charge < -0.3 is 0 Å². The van der Waals surface area contributed by atoms with E-state index < -0.39 is 0 Å². The van der Waals surface area contributed by atoms with E-state index in [-0.39, 0.29) is 0 Å². The van der Waals surface area contributed by atoms with Gasteiger partial charge in [0, 0.05) is 23.0 Å². The SMILES string of the molecule is Cc1cc(Cn2nccc2C)c2ccccc2n1. The first-order chi connectivity index (χ1) is 8.74. The standard InChI is InChI=1S/C15H15N3/c1-11-9-13(10-18-12(2)7-8-16-18)14-5-3-4-6-15(14)17-11/h3-9H,10H2,1-2H3. The van der Waals surface area contributed by atoms with E-state index >= 15 is 0 Å². The summed E-state index contributed by atoms with van der Waals surface area (Å²) in [5.74, 6) is 0. The molecule has 3 heteroatoms. The van der Waals surface area contributed by atoms with Crippen molar-refractivity contribution >= 4 is 10.9 Å². The van der Waals surface area contributed by atoms with Gasteiger partial charge in [-0.2, -0.15) is 5.10 Å². The first kappa shape index (κ1) is 11.0. The Morgan fingerprint density at radius 2 is 1.94 bits per heavy atom. The topological polar surface area (TPSA) is 30.7 Å². The minimum Gasteiger partial charge on any atom is -0.265 e. The molecule has 0 aliphatic rings. The van der Waals surface area contributed by atoms with E-state index in [1.807, 2.05) is 29.9 Å². The fraction of sp³-hybridized carbons (Fsp3) is 0.200. The molecule has 0 N–H and O–H groups in total. The van der Waals surface area contributed by atoms with E-state index in [9.17, 15) is 0 Å². The van der Waals surface area contributed by atoms with Gasteiger partial charge in [0.25, 0.3) is 0 Å². The molecule has 0 saturated heterocycles. The van der Waals surface area contributed by atoms with Crippen molar-refractivity contribution in [2.75, 3.05) is 0 Å². The Balaban J connectivity index is 2.14. The zero-order valence-corrected chi connectivity index (χ0v) is 10.6. The van der Waals surface area contributed by atoms with Crippen molar-refractivity contribution in [2.24, 2.45) is 0 Å². The first-order valence-electron chi connectivity index (χ1n) is 6.08. The lowest BCUT2D eigenvalue weighted by molar-refractivity contribution is 0.667. The fourth-order valence-electron chi connectivity index (χ4n) is 2.25. The molecule has 2 aromatic heterocycles. The van der Waals surface area contributed by atoms with Crippen molar-refractivity contribution in [3.05, 3.63) is 59.5 Å². The van der Waals surface area contributed by atoms with Crippen molar-refractivity contribution < 1.29 is 0 Å². The second kappa shape index (κ2) is 4.26. The van der Waals surface area contributed by atoms with Gasteiger partial charge in [0.1, 0.15) is 0 Å². The molecule has 0 radical (unpaired) electrons. The van der Waals surface area contributed by atoms with Gasteiger partial charge in [-0.05, 0) is 37.6 Å². The van der Waals surface area contributed by atoms with Gasteiger partial charge in [0.05, 0.1) is 12.1 Å². The largest absolute Gasteiger partial charge is 0.265 e. The highest BCUT2D eigenvalue weighted by Crippen LogP contribution is 2.19. The number of fused-ring (bicyclic) bond motifs is 1. The van der Waals surface area contributed by atoms with E-state index in [1.165, 1.54) is 16.6 Å². The third kappa shape index (κ3) is 1.88. The normalized spacial score (nSPS) is 11.0. The molecule has 0 amide bonds. The lowest BCUT2D eigenvalue weighted by Crippen LogP contribution is -2.05. The molecule has 1 aromatic carbocycles. The van der Waals surface area contributed by atoms with Crippen molar-refractivity contribution in [1.29, 1.82) is 0 Å². The highest BCUT2D eigenvalue weighted by Gasteiger charge is 2.05. The number of para-hydroxylation sites is 1. The molecule has 0 aliphatic carbocycles. The quantitative estimate of drug-likeness (QED) is 0.685. The summed E-state index contributed by atoms with van der Waals surface area (Å²) in [5.41, 5.74) is 4.55. The van der Waals surface area contributed by atoms with E-state index in [1.54, 1.807) is 0 Å². The maximum atomic E-state index is 4.56. The third-order valence-electron chi connectivity index (χ3n) is 3.18. The van der Waals surface area contributed by atoms with Gasteiger partial charge in [0.2, 0.25) is 0 Å². The summed E-state index contributed by atoms with van der Waals surface area (Å²) >= 11 is 0. The second-order valence-electron chi connectivity index (χ2n) is 4.57. The molecule has 3 rings (SSSR count). The van der Waals surface area contributed by atoms with Crippen LogP contribution in [0.5, 0.6) is 0 Å². The van der Waals surface area contributed by atoms with Gasteiger partial charge in [-0.15, -0.1) is 0 Å². The number of pyridine rings is 1. The molecule has 0 fully saturated rings. The average molecular weight is 237 g/mol. The predicted octanol–water partition coefficient (Wildman–Crippen LogP) is 3.10. The summed E-state index contributed by atoms with van der Waals surface area (Å²) in [5, 5.41) is 5.55. The molecule has 18 heavy (non-hydrogen) atoms. The van der Waals surface area contributed by atoms with Gasteiger partial charge in [-0.1, -0.05) is 18.2 Å². The zero-order chi connectivity index (χ0) is 12.5. The molecule has 0 bridgehead atoms.